The zero-order valence-electron chi connectivity index (χ0n) is 28.3. The molecule has 5 rings (SSSR count). The fourth-order valence-electron chi connectivity index (χ4n) is 6.71. The molecule has 2 aliphatic rings. The Morgan fingerprint density at radius 2 is 1.94 bits per heavy atom. The van der Waals surface area contributed by atoms with Crippen molar-refractivity contribution >= 4 is 42.2 Å². The van der Waals surface area contributed by atoms with Crippen LogP contribution in [0.15, 0.2) is 29.1 Å². The highest BCUT2D eigenvalue weighted by molar-refractivity contribution is 6.91. The van der Waals surface area contributed by atoms with Crippen molar-refractivity contribution in [1.82, 2.24) is 14.9 Å². The van der Waals surface area contributed by atoms with Crippen LogP contribution in [-0.2, 0) is 42.6 Å². The molecule has 0 aliphatic carbocycles. The zero-order chi connectivity index (χ0) is 35.0. The van der Waals surface area contributed by atoms with Gasteiger partial charge in [0.1, 0.15) is 18.0 Å². The molecule has 0 spiro atoms. The number of ether oxygens (including phenoxy) is 3. The molecule has 4 heterocycles. The van der Waals surface area contributed by atoms with Crippen LogP contribution in [0.5, 0.6) is 5.75 Å². The van der Waals surface area contributed by atoms with E-state index in [-0.39, 0.29) is 61.4 Å². The number of aromatic hydroxyl groups is 1. The minimum absolute atomic E-state index is 0.0327. The van der Waals surface area contributed by atoms with Gasteiger partial charge in [0.05, 0.1) is 43.2 Å². The maximum Gasteiger partial charge on any atom is 0.407 e. The van der Waals surface area contributed by atoms with Gasteiger partial charge < -0.3 is 29.2 Å². The fourth-order valence-corrected chi connectivity index (χ4v) is 9.97. The Kier molecular flexibility index (Phi) is 9.43. The molecule has 0 fully saturated rings. The average molecular weight is 675 g/mol. The van der Waals surface area contributed by atoms with Crippen molar-refractivity contribution in [2.24, 2.45) is 0 Å². The smallest absolute Gasteiger partial charge is 0.407 e. The Morgan fingerprint density at radius 1 is 1.19 bits per heavy atom. The summed E-state index contributed by atoms with van der Waals surface area (Å²) in [7, 11) is -2.25. The van der Waals surface area contributed by atoms with Crippen LogP contribution in [0, 0.1) is 11.3 Å². The van der Waals surface area contributed by atoms with E-state index in [4.69, 9.17) is 19.2 Å². The van der Waals surface area contributed by atoms with Gasteiger partial charge in [-0.05, 0) is 75.0 Å². The first-order chi connectivity index (χ1) is 22.6. The van der Waals surface area contributed by atoms with Gasteiger partial charge in [0.2, 0.25) is 5.60 Å². The van der Waals surface area contributed by atoms with Crippen LogP contribution in [0.25, 0.3) is 22.3 Å². The summed E-state index contributed by atoms with van der Waals surface area (Å²) in [5.41, 5.74) is 0.325. The third-order valence-corrected chi connectivity index (χ3v) is 12.4. The monoisotopic (exact) mass is 674 g/mol. The lowest BCUT2D eigenvalue weighted by molar-refractivity contribution is -0.189. The van der Waals surface area contributed by atoms with Crippen LogP contribution >= 0.6 is 0 Å². The maximum atomic E-state index is 14.1. The molecule has 0 saturated heterocycles. The van der Waals surface area contributed by atoms with Gasteiger partial charge in [0.25, 0.3) is 5.56 Å². The van der Waals surface area contributed by atoms with E-state index in [9.17, 15) is 29.5 Å². The SMILES string of the molecule is CC[C@@]1(OC(=O)CCCNC(=O)OC(C)(C)C)C(=O)OCc2c1cc1n(c2=O)Cc2c-1nc1ccc(O)cc1c2[Si](C)(C)CCCC#N. The Bertz CT molecular complexity index is 1910. The van der Waals surface area contributed by atoms with Crippen molar-refractivity contribution in [2.75, 3.05) is 6.54 Å². The number of nitrogens with zero attached hydrogens (tertiary/aromatic N) is 3. The van der Waals surface area contributed by atoms with E-state index in [0.717, 1.165) is 28.6 Å². The number of carbonyl (C=O) groups excluding carboxylic acids is 3. The number of nitrogens with one attached hydrogen (secondary N) is 1. The average Bonchev–Trinajstić information content (AvgIpc) is 3.37. The van der Waals surface area contributed by atoms with Crippen molar-refractivity contribution in [3.05, 3.63) is 51.3 Å². The number of benzene rings is 1. The third kappa shape index (κ3) is 6.54. The molecule has 0 saturated carbocycles. The normalized spacial score (nSPS) is 16.7. The van der Waals surface area contributed by atoms with Crippen LogP contribution in [0.4, 0.5) is 4.79 Å². The number of hydrogen-bond acceptors (Lipinski definition) is 10. The van der Waals surface area contributed by atoms with Crippen molar-refractivity contribution in [3.8, 4) is 23.2 Å². The number of phenolic OH excluding ortho intramolecular Hbond substituents is 1. The molecule has 254 valence electrons. The number of fused-ring (bicyclic) bond motifs is 5. The molecule has 1 atom stereocenters. The molecule has 1 aromatic carbocycles. The number of rotatable bonds is 10. The number of cyclic esters (lactones) is 1. The molecule has 1 amide bonds. The van der Waals surface area contributed by atoms with Crippen LogP contribution < -0.4 is 16.1 Å². The second-order valence-electron chi connectivity index (χ2n) is 14.0. The summed E-state index contributed by atoms with van der Waals surface area (Å²) in [6.45, 7) is 11.5. The number of carbonyl (C=O) groups is 3. The van der Waals surface area contributed by atoms with E-state index in [2.05, 4.69) is 24.5 Å². The van der Waals surface area contributed by atoms with E-state index < -0.39 is 37.3 Å². The minimum Gasteiger partial charge on any atom is -0.508 e. The largest absolute Gasteiger partial charge is 0.508 e. The molecular formula is C35H42N4O8Si. The van der Waals surface area contributed by atoms with Gasteiger partial charge in [-0.3, -0.25) is 9.59 Å². The second-order valence-corrected chi connectivity index (χ2v) is 18.8. The Morgan fingerprint density at radius 3 is 2.62 bits per heavy atom. The van der Waals surface area contributed by atoms with E-state index >= 15 is 0 Å². The number of nitriles is 1. The topological polar surface area (TPSA) is 170 Å². The third-order valence-electron chi connectivity index (χ3n) is 8.92. The minimum atomic E-state index is -2.25. The quantitative estimate of drug-likeness (QED) is 0.103. The van der Waals surface area contributed by atoms with Gasteiger partial charge in [-0.2, -0.15) is 5.26 Å². The van der Waals surface area contributed by atoms with Crippen molar-refractivity contribution in [1.29, 1.82) is 5.26 Å². The zero-order valence-corrected chi connectivity index (χ0v) is 29.3. The van der Waals surface area contributed by atoms with Crippen LogP contribution in [0.1, 0.15) is 76.5 Å². The molecule has 0 bridgehead atoms. The highest BCUT2D eigenvalue weighted by Gasteiger charge is 2.50. The first-order valence-electron chi connectivity index (χ1n) is 16.3. The lowest BCUT2D eigenvalue weighted by Crippen LogP contribution is -2.47. The lowest BCUT2D eigenvalue weighted by atomic mass is 9.85. The van der Waals surface area contributed by atoms with Gasteiger partial charge in [-0.25, -0.2) is 14.6 Å². The molecule has 48 heavy (non-hydrogen) atoms. The molecule has 13 heteroatoms. The number of esters is 2. The fraction of sp³-hybridized carbons (Fsp3) is 0.486. The number of pyridine rings is 2. The maximum absolute atomic E-state index is 14.1. The molecule has 2 N–H and O–H groups in total. The van der Waals surface area contributed by atoms with Crippen LogP contribution in [-0.4, -0.2) is 52.9 Å². The predicted octanol–water partition coefficient (Wildman–Crippen LogP) is 4.86. The standard InChI is InChI=1S/C35H42N4O8Si/c1-7-35(46-28(41)11-10-15-37-33(44)47-34(2,3)4)25-18-27-29-23(19-39(27)31(42)24(25)20-45-32(35)43)30(48(5,6)16-9-8-14-36)22-17-21(40)12-13-26(22)38-29/h12-13,17-18,40H,7-11,15-16,19-20H2,1-6H3,(H,37,44)/t35-/m0/s1. The van der Waals surface area contributed by atoms with Gasteiger partial charge in [0.15, 0.2) is 0 Å². The number of alkyl carbamates (subject to hydrolysis) is 1. The summed E-state index contributed by atoms with van der Waals surface area (Å²) in [5.74, 6) is -1.32. The van der Waals surface area contributed by atoms with Crippen LogP contribution in [0.3, 0.4) is 0 Å². The number of unbranched alkanes of at least 4 members (excludes halogenated alkanes) is 1. The molecule has 12 nitrogen and oxygen atoms in total. The van der Waals surface area contributed by atoms with Gasteiger partial charge in [-0.15, -0.1) is 0 Å². The van der Waals surface area contributed by atoms with Gasteiger partial charge in [-0.1, -0.05) is 26.1 Å². The summed E-state index contributed by atoms with van der Waals surface area (Å²) >= 11 is 0. The van der Waals surface area contributed by atoms with Gasteiger partial charge >= 0.3 is 18.0 Å². The van der Waals surface area contributed by atoms with Crippen molar-refractivity contribution in [3.63, 3.8) is 0 Å². The summed E-state index contributed by atoms with van der Waals surface area (Å²) in [6, 6.07) is 9.83. The number of hydrogen-bond donors (Lipinski definition) is 2. The molecular weight excluding hydrogens is 632 g/mol. The second kappa shape index (κ2) is 13.1. The number of amides is 1. The Balaban J connectivity index is 1.53. The van der Waals surface area contributed by atoms with E-state index in [1.54, 1.807) is 56.5 Å². The molecule has 3 aromatic rings. The molecule has 0 unspecified atom stereocenters. The molecule has 0 radical (unpaired) electrons. The predicted molar refractivity (Wildman–Crippen MR) is 180 cm³/mol. The first kappa shape index (κ1) is 34.6. The van der Waals surface area contributed by atoms with E-state index in [0.29, 0.717) is 23.3 Å². The lowest BCUT2D eigenvalue weighted by Gasteiger charge is -2.35. The Hall–Kier alpha value is -4.70. The van der Waals surface area contributed by atoms with E-state index in [1.807, 2.05) is 0 Å². The molecule has 2 aromatic heterocycles. The highest BCUT2D eigenvalue weighted by Crippen LogP contribution is 2.41. The van der Waals surface area contributed by atoms with Gasteiger partial charge in [0, 0.05) is 30.3 Å². The van der Waals surface area contributed by atoms with E-state index in [1.165, 1.54) is 0 Å². The number of aromatic nitrogens is 2. The summed E-state index contributed by atoms with van der Waals surface area (Å²) in [6.07, 6.45) is 0.742. The number of phenols is 1. The molecule has 2 aliphatic heterocycles. The van der Waals surface area contributed by atoms with Crippen molar-refractivity contribution in [2.45, 2.75) is 103 Å². The Labute approximate surface area is 280 Å². The summed E-state index contributed by atoms with van der Waals surface area (Å²) in [4.78, 5) is 57.7. The van der Waals surface area contributed by atoms with Crippen molar-refractivity contribution < 1.29 is 33.7 Å². The van der Waals surface area contributed by atoms with Crippen LogP contribution in [0.2, 0.25) is 19.1 Å². The summed E-state index contributed by atoms with van der Waals surface area (Å²) < 4.78 is 18.2. The first-order valence-corrected chi connectivity index (χ1v) is 19.5. The highest BCUT2D eigenvalue weighted by atomic mass is 28.3. The summed E-state index contributed by atoms with van der Waals surface area (Å²) in [5, 5.41) is 24.1.